The summed E-state index contributed by atoms with van der Waals surface area (Å²) in [6.45, 7) is 0.935. The molecule has 1 aliphatic rings. The number of hydrogen-bond acceptors (Lipinski definition) is 5. The van der Waals surface area contributed by atoms with Gasteiger partial charge in [0, 0.05) is 7.11 Å². The van der Waals surface area contributed by atoms with Crippen molar-refractivity contribution in [1.29, 1.82) is 0 Å². The number of likely N-dealkylation sites (N-methyl/N-ethyl adjacent to an activating group) is 1. The first-order valence-corrected chi connectivity index (χ1v) is 6.95. The lowest BCUT2D eigenvalue weighted by molar-refractivity contribution is 0.0565. The molecule has 0 amide bonds. The zero-order chi connectivity index (χ0) is 14.7. The Hall–Kier alpha value is -1.98. The van der Waals surface area contributed by atoms with Crippen molar-refractivity contribution in [1.82, 2.24) is 5.32 Å². The number of rotatable bonds is 5. The van der Waals surface area contributed by atoms with Crippen LogP contribution in [0.25, 0.3) is 0 Å². The van der Waals surface area contributed by atoms with Gasteiger partial charge in [0.2, 0.25) is 0 Å². The van der Waals surface area contributed by atoms with Gasteiger partial charge < -0.3 is 23.9 Å². The van der Waals surface area contributed by atoms with E-state index in [9.17, 15) is 0 Å². The summed E-state index contributed by atoms with van der Waals surface area (Å²) in [5, 5.41) is 3.23. The van der Waals surface area contributed by atoms with Gasteiger partial charge in [0.05, 0.1) is 0 Å². The Morgan fingerprint density at radius 3 is 2.81 bits per heavy atom. The van der Waals surface area contributed by atoms with Crippen LogP contribution in [0.1, 0.15) is 17.6 Å². The minimum absolute atomic E-state index is 0.0797. The number of para-hydroxylation sites is 2. The molecule has 1 aliphatic heterocycles. The molecule has 1 aromatic carbocycles. The van der Waals surface area contributed by atoms with Crippen LogP contribution in [0.15, 0.2) is 40.8 Å². The van der Waals surface area contributed by atoms with Crippen molar-refractivity contribution in [3.05, 3.63) is 47.9 Å². The molecule has 0 bridgehead atoms. The summed E-state index contributed by atoms with van der Waals surface area (Å²) in [4.78, 5) is 0. The molecule has 0 radical (unpaired) electrons. The summed E-state index contributed by atoms with van der Waals surface area (Å²) in [6, 6.07) is 11.5. The molecule has 0 aliphatic carbocycles. The molecule has 1 N–H and O–H groups in total. The summed E-state index contributed by atoms with van der Waals surface area (Å²) in [5.41, 5.74) is 0. The van der Waals surface area contributed by atoms with Gasteiger partial charge in [0.25, 0.3) is 0 Å². The van der Waals surface area contributed by atoms with Crippen molar-refractivity contribution >= 4 is 0 Å². The SMILES string of the molecule is CNC(c1ccc(COC)o1)C1COc2ccccc2O1. The van der Waals surface area contributed by atoms with Gasteiger partial charge in [-0.3, -0.25) is 0 Å². The Bertz CT molecular complexity index is 595. The molecule has 21 heavy (non-hydrogen) atoms. The number of furan rings is 1. The molecule has 0 fully saturated rings. The van der Waals surface area contributed by atoms with Gasteiger partial charge in [0.15, 0.2) is 17.6 Å². The number of hydrogen-bond donors (Lipinski definition) is 1. The third kappa shape index (κ3) is 2.89. The molecule has 112 valence electrons. The van der Waals surface area contributed by atoms with Crippen molar-refractivity contribution < 1.29 is 18.6 Å². The highest BCUT2D eigenvalue weighted by Gasteiger charge is 2.31. The van der Waals surface area contributed by atoms with E-state index in [4.69, 9.17) is 18.6 Å². The molecule has 0 spiro atoms. The Morgan fingerprint density at radius 1 is 1.24 bits per heavy atom. The van der Waals surface area contributed by atoms with Crippen LogP contribution >= 0.6 is 0 Å². The smallest absolute Gasteiger partial charge is 0.161 e. The van der Waals surface area contributed by atoms with E-state index in [2.05, 4.69) is 5.32 Å². The van der Waals surface area contributed by atoms with Crippen molar-refractivity contribution in [2.75, 3.05) is 20.8 Å². The number of nitrogens with one attached hydrogen (secondary N) is 1. The highest BCUT2D eigenvalue weighted by atomic mass is 16.6. The Kier molecular flexibility index (Phi) is 4.13. The summed E-state index contributed by atoms with van der Waals surface area (Å²) in [5.74, 6) is 3.16. The molecular formula is C16H19NO4. The predicted octanol–water partition coefficient (Wildman–Crippen LogP) is 2.53. The number of benzene rings is 1. The third-order valence-corrected chi connectivity index (χ3v) is 3.49. The van der Waals surface area contributed by atoms with E-state index in [-0.39, 0.29) is 12.1 Å². The van der Waals surface area contributed by atoms with Crippen LogP contribution < -0.4 is 14.8 Å². The first-order chi connectivity index (χ1) is 10.3. The van der Waals surface area contributed by atoms with E-state index in [1.165, 1.54) is 0 Å². The Balaban J connectivity index is 1.77. The molecule has 5 heteroatoms. The van der Waals surface area contributed by atoms with Crippen LogP contribution in [0, 0.1) is 0 Å². The van der Waals surface area contributed by atoms with Gasteiger partial charge in [-0.1, -0.05) is 12.1 Å². The summed E-state index contributed by atoms with van der Waals surface area (Å²) in [6.07, 6.45) is -0.147. The lowest BCUT2D eigenvalue weighted by Gasteiger charge is -2.31. The van der Waals surface area contributed by atoms with Crippen molar-refractivity contribution in [3.63, 3.8) is 0 Å². The fourth-order valence-electron chi connectivity index (χ4n) is 2.49. The number of fused-ring (bicyclic) bond motifs is 1. The zero-order valence-electron chi connectivity index (χ0n) is 12.2. The van der Waals surface area contributed by atoms with E-state index in [0.717, 1.165) is 23.0 Å². The topological polar surface area (TPSA) is 52.9 Å². The van der Waals surface area contributed by atoms with Gasteiger partial charge in [-0.15, -0.1) is 0 Å². The average Bonchev–Trinajstić information content (AvgIpc) is 2.97. The van der Waals surface area contributed by atoms with Gasteiger partial charge in [-0.2, -0.15) is 0 Å². The molecule has 2 unspecified atom stereocenters. The second-order valence-electron chi connectivity index (χ2n) is 4.92. The van der Waals surface area contributed by atoms with E-state index < -0.39 is 0 Å². The maximum Gasteiger partial charge on any atom is 0.161 e. The largest absolute Gasteiger partial charge is 0.486 e. The van der Waals surface area contributed by atoms with Gasteiger partial charge in [-0.05, 0) is 31.3 Å². The highest BCUT2D eigenvalue weighted by Crippen LogP contribution is 2.34. The summed E-state index contributed by atoms with van der Waals surface area (Å²) in [7, 11) is 3.53. The number of methoxy groups -OCH3 is 1. The number of ether oxygens (including phenoxy) is 3. The highest BCUT2D eigenvalue weighted by molar-refractivity contribution is 5.41. The molecule has 1 aromatic heterocycles. The Morgan fingerprint density at radius 2 is 2.05 bits per heavy atom. The minimum Gasteiger partial charge on any atom is -0.486 e. The van der Waals surface area contributed by atoms with Gasteiger partial charge >= 0.3 is 0 Å². The van der Waals surface area contributed by atoms with Crippen LogP contribution in [-0.4, -0.2) is 26.9 Å². The molecule has 2 heterocycles. The van der Waals surface area contributed by atoms with Gasteiger partial charge in [0.1, 0.15) is 30.8 Å². The predicted molar refractivity (Wildman–Crippen MR) is 77.6 cm³/mol. The van der Waals surface area contributed by atoms with E-state index in [0.29, 0.717) is 13.2 Å². The monoisotopic (exact) mass is 289 g/mol. The quantitative estimate of drug-likeness (QED) is 0.916. The van der Waals surface area contributed by atoms with E-state index in [1.807, 2.05) is 43.4 Å². The average molecular weight is 289 g/mol. The first-order valence-electron chi connectivity index (χ1n) is 6.95. The minimum atomic E-state index is -0.147. The zero-order valence-corrected chi connectivity index (χ0v) is 12.2. The molecule has 0 saturated carbocycles. The molecule has 5 nitrogen and oxygen atoms in total. The lowest BCUT2D eigenvalue weighted by Crippen LogP contribution is -2.40. The van der Waals surface area contributed by atoms with E-state index >= 15 is 0 Å². The van der Waals surface area contributed by atoms with Crippen LogP contribution in [0.2, 0.25) is 0 Å². The van der Waals surface area contributed by atoms with E-state index in [1.54, 1.807) is 7.11 Å². The second-order valence-corrected chi connectivity index (χ2v) is 4.92. The molecule has 3 rings (SSSR count). The maximum atomic E-state index is 6.03. The first kappa shape index (κ1) is 14.0. The normalized spacial score (nSPS) is 18.5. The summed E-state index contributed by atoms with van der Waals surface area (Å²) < 4.78 is 22.7. The molecule has 2 aromatic rings. The second kappa shape index (κ2) is 6.20. The van der Waals surface area contributed by atoms with Crippen LogP contribution in [0.3, 0.4) is 0 Å². The van der Waals surface area contributed by atoms with Crippen molar-refractivity contribution in [2.45, 2.75) is 18.8 Å². The third-order valence-electron chi connectivity index (χ3n) is 3.49. The summed E-state index contributed by atoms with van der Waals surface area (Å²) >= 11 is 0. The molecule has 2 atom stereocenters. The van der Waals surface area contributed by atoms with Crippen molar-refractivity contribution in [3.8, 4) is 11.5 Å². The molecular weight excluding hydrogens is 270 g/mol. The van der Waals surface area contributed by atoms with Crippen LogP contribution in [0.4, 0.5) is 0 Å². The Labute approximate surface area is 123 Å². The molecule has 0 saturated heterocycles. The van der Waals surface area contributed by atoms with Crippen molar-refractivity contribution in [2.24, 2.45) is 0 Å². The lowest BCUT2D eigenvalue weighted by atomic mass is 10.1. The fourth-order valence-corrected chi connectivity index (χ4v) is 2.49. The standard InChI is InChI=1S/C16H19NO4/c1-17-16(14-8-7-11(20-14)9-18-2)15-10-19-12-5-3-4-6-13(12)21-15/h3-8,15-17H,9-10H2,1-2H3. The fraction of sp³-hybridized carbons (Fsp3) is 0.375. The van der Waals surface area contributed by atoms with Gasteiger partial charge in [-0.25, -0.2) is 0 Å². The van der Waals surface area contributed by atoms with Crippen LogP contribution in [0.5, 0.6) is 11.5 Å². The maximum absolute atomic E-state index is 6.03. The van der Waals surface area contributed by atoms with Crippen LogP contribution in [-0.2, 0) is 11.3 Å².